The van der Waals surface area contributed by atoms with Gasteiger partial charge >= 0.3 is 6.09 Å². The Hall–Kier alpha value is -1.30. The zero-order chi connectivity index (χ0) is 9.40. The molecule has 0 aliphatic heterocycles. The van der Waals surface area contributed by atoms with Crippen LogP contribution in [0.3, 0.4) is 0 Å². The summed E-state index contributed by atoms with van der Waals surface area (Å²) in [5, 5.41) is 14.2. The van der Waals surface area contributed by atoms with Gasteiger partial charge in [0.05, 0.1) is 0 Å². The number of ether oxygens (including phenoxy) is 1. The highest BCUT2D eigenvalue weighted by atomic mass is 16.5. The van der Waals surface area contributed by atoms with Crippen molar-refractivity contribution >= 4 is 12.5 Å². The molecule has 0 aliphatic carbocycles. The monoisotopic (exact) mass is 175 g/mol. The Balaban J connectivity index is 3.50. The molecule has 6 heteroatoms. The molecule has 0 radical (unpaired) electrons. The predicted octanol–water partition coefficient (Wildman–Crippen LogP) is 0.169. The summed E-state index contributed by atoms with van der Waals surface area (Å²) in [6, 6.07) is 0. The summed E-state index contributed by atoms with van der Waals surface area (Å²) in [6.45, 7) is 1.93. The largest absolute Gasteiger partial charge is 0.464 e. The van der Waals surface area contributed by atoms with Crippen LogP contribution in [0.25, 0.3) is 0 Å². The molecule has 0 fully saturated rings. The van der Waals surface area contributed by atoms with Gasteiger partial charge in [-0.05, 0) is 13.5 Å². The molecule has 0 saturated carbocycles. The smallest absolute Gasteiger partial charge is 0.425 e. The SMILES string of the molecule is CCC(NC)OC=NNC(=O)O. The third-order valence-electron chi connectivity index (χ3n) is 1.13. The Kier molecular flexibility index (Phi) is 5.72. The average Bonchev–Trinajstić information content (AvgIpc) is 2.04. The summed E-state index contributed by atoms with van der Waals surface area (Å²) < 4.78 is 4.96. The number of nitrogens with one attached hydrogen (secondary N) is 2. The first-order chi connectivity index (χ1) is 5.70. The van der Waals surface area contributed by atoms with E-state index in [0.717, 1.165) is 12.8 Å². The van der Waals surface area contributed by atoms with Crippen molar-refractivity contribution in [3.05, 3.63) is 0 Å². The van der Waals surface area contributed by atoms with Crippen LogP contribution in [0, 0.1) is 0 Å². The van der Waals surface area contributed by atoms with Gasteiger partial charge in [0.15, 0.2) is 12.6 Å². The van der Waals surface area contributed by atoms with Crippen LogP contribution in [-0.4, -0.2) is 30.9 Å². The van der Waals surface area contributed by atoms with E-state index < -0.39 is 6.09 Å². The highest BCUT2D eigenvalue weighted by molar-refractivity contribution is 5.65. The fraction of sp³-hybridized carbons (Fsp3) is 0.667. The van der Waals surface area contributed by atoms with E-state index in [1.807, 2.05) is 6.92 Å². The number of amides is 1. The van der Waals surface area contributed by atoms with Gasteiger partial charge in [0.2, 0.25) is 0 Å². The van der Waals surface area contributed by atoms with Gasteiger partial charge in [-0.2, -0.15) is 0 Å². The van der Waals surface area contributed by atoms with E-state index in [1.165, 1.54) is 0 Å². The minimum atomic E-state index is -1.22. The molecule has 6 nitrogen and oxygen atoms in total. The molecule has 70 valence electrons. The summed E-state index contributed by atoms with van der Waals surface area (Å²) in [6.07, 6.45) is 0.477. The number of rotatable bonds is 5. The van der Waals surface area contributed by atoms with Crippen LogP contribution < -0.4 is 10.7 Å². The van der Waals surface area contributed by atoms with Gasteiger partial charge in [0.25, 0.3) is 0 Å². The van der Waals surface area contributed by atoms with E-state index in [1.54, 1.807) is 12.5 Å². The molecule has 0 spiro atoms. The number of hydrogen-bond acceptors (Lipinski definition) is 4. The molecule has 3 N–H and O–H groups in total. The van der Waals surface area contributed by atoms with Crippen LogP contribution >= 0.6 is 0 Å². The zero-order valence-electron chi connectivity index (χ0n) is 7.07. The molecule has 12 heavy (non-hydrogen) atoms. The van der Waals surface area contributed by atoms with Crippen LogP contribution in [0.1, 0.15) is 13.3 Å². The maximum absolute atomic E-state index is 9.89. The summed E-state index contributed by atoms with van der Waals surface area (Å²) in [7, 11) is 1.74. The van der Waals surface area contributed by atoms with Crippen LogP contribution in [-0.2, 0) is 4.74 Å². The highest BCUT2D eigenvalue weighted by Gasteiger charge is 1.98. The lowest BCUT2D eigenvalue weighted by Crippen LogP contribution is -2.27. The molecule has 0 aliphatic rings. The Morgan fingerprint density at radius 2 is 2.50 bits per heavy atom. The minimum Gasteiger partial charge on any atom is -0.464 e. The van der Waals surface area contributed by atoms with Crippen LogP contribution in [0.5, 0.6) is 0 Å². The van der Waals surface area contributed by atoms with Gasteiger partial charge in [0.1, 0.15) is 0 Å². The van der Waals surface area contributed by atoms with E-state index in [9.17, 15) is 4.79 Å². The second-order valence-electron chi connectivity index (χ2n) is 1.97. The maximum Gasteiger partial charge on any atom is 0.425 e. The lowest BCUT2D eigenvalue weighted by Gasteiger charge is -2.11. The molecule has 1 unspecified atom stereocenters. The van der Waals surface area contributed by atoms with E-state index in [0.29, 0.717) is 0 Å². The van der Waals surface area contributed by atoms with Gasteiger partial charge < -0.3 is 9.84 Å². The maximum atomic E-state index is 9.89. The number of nitrogens with zero attached hydrogens (tertiary/aromatic N) is 1. The first-order valence-electron chi connectivity index (χ1n) is 3.53. The topological polar surface area (TPSA) is 83.0 Å². The molecule has 0 aromatic carbocycles. The molecular weight excluding hydrogens is 162 g/mol. The van der Waals surface area contributed by atoms with Crippen molar-refractivity contribution in [1.82, 2.24) is 10.7 Å². The fourth-order valence-electron chi connectivity index (χ4n) is 0.554. The van der Waals surface area contributed by atoms with Crippen LogP contribution in [0.2, 0.25) is 0 Å². The molecule has 0 bridgehead atoms. The van der Waals surface area contributed by atoms with Gasteiger partial charge in [-0.25, -0.2) is 10.2 Å². The summed E-state index contributed by atoms with van der Waals surface area (Å²) in [5.41, 5.74) is 1.78. The Morgan fingerprint density at radius 1 is 1.83 bits per heavy atom. The minimum absolute atomic E-state index is 0.135. The second-order valence-corrected chi connectivity index (χ2v) is 1.97. The van der Waals surface area contributed by atoms with Crippen molar-refractivity contribution < 1.29 is 14.6 Å². The van der Waals surface area contributed by atoms with E-state index in [-0.39, 0.29) is 6.23 Å². The normalized spacial score (nSPS) is 12.8. The Labute approximate surface area is 70.6 Å². The third-order valence-corrected chi connectivity index (χ3v) is 1.13. The summed E-state index contributed by atoms with van der Waals surface area (Å²) in [5.74, 6) is 0. The highest BCUT2D eigenvalue weighted by Crippen LogP contribution is 1.88. The molecule has 0 heterocycles. The number of hydrogen-bond donors (Lipinski definition) is 3. The van der Waals surface area contributed by atoms with Gasteiger partial charge in [-0.1, -0.05) is 6.92 Å². The lowest BCUT2D eigenvalue weighted by molar-refractivity contribution is 0.163. The van der Waals surface area contributed by atoms with Crippen molar-refractivity contribution in [2.24, 2.45) is 5.10 Å². The van der Waals surface area contributed by atoms with Crippen molar-refractivity contribution in [1.29, 1.82) is 0 Å². The Bertz CT molecular complexity index is 156. The molecule has 1 atom stereocenters. The Morgan fingerprint density at radius 3 is 2.92 bits per heavy atom. The molecular formula is C6H13N3O3. The molecule has 0 aromatic heterocycles. The van der Waals surface area contributed by atoms with Gasteiger partial charge in [-0.3, -0.25) is 5.32 Å². The number of carboxylic acid groups (broad SMARTS) is 1. The third kappa shape index (κ3) is 5.48. The zero-order valence-corrected chi connectivity index (χ0v) is 7.07. The van der Waals surface area contributed by atoms with Crippen molar-refractivity contribution in [3.8, 4) is 0 Å². The number of hydrazone groups is 1. The molecule has 0 aromatic rings. The lowest BCUT2D eigenvalue weighted by atomic mass is 10.4. The first kappa shape index (κ1) is 10.7. The molecule has 1 amide bonds. The standard InChI is InChI=1S/C6H13N3O3/c1-3-5(7-2)12-4-8-9-6(10)11/h4-5,7,9H,3H2,1-2H3,(H,10,11). The summed E-state index contributed by atoms with van der Waals surface area (Å²) in [4.78, 5) is 9.89. The van der Waals surface area contributed by atoms with E-state index in [2.05, 4.69) is 10.4 Å². The number of carbonyl (C=O) groups is 1. The van der Waals surface area contributed by atoms with Gasteiger partial charge in [-0.15, -0.1) is 5.10 Å². The fourth-order valence-corrected chi connectivity index (χ4v) is 0.554. The first-order valence-corrected chi connectivity index (χ1v) is 3.53. The van der Waals surface area contributed by atoms with E-state index in [4.69, 9.17) is 9.84 Å². The molecule has 0 rings (SSSR count). The van der Waals surface area contributed by atoms with Gasteiger partial charge in [0, 0.05) is 0 Å². The van der Waals surface area contributed by atoms with Crippen molar-refractivity contribution in [2.75, 3.05) is 7.05 Å². The quantitative estimate of drug-likeness (QED) is 0.241. The molecule has 0 saturated heterocycles. The summed E-state index contributed by atoms with van der Waals surface area (Å²) >= 11 is 0. The average molecular weight is 175 g/mol. The van der Waals surface area contributed by atoms with E-state index >= 15 is 0 Å². The van der Waals surface area contributed by atoms with Crippen LogP contribution in [0.4, 0.5) is 4.79 Å². The van der Waals surface area contributed by atoms with Crippen LogP contribution in [0.15, 0.2) is 5.10 Å². The predicted molar refractivity (Wildman–Crippen MR) is 43.9 cm³/mol. The van der Waals surface area contributed by atoms with Crippen molar-refractivity contribution in [3.63, 3.8) is 0 Å². The van der Waals surface area contributed by atoms with Crippen molar-refractivity contribution in [2.45, 2.75) is 19.6 Å². The second kappa shape index (κ2) is 6.41.